The van der Waals surface area contributed by atoms with Gasteiger partial charge in [0.05, 0.1) is 17.9 Å². The van der Waals surface area contributed by atoms with E-state index in [0.29, 0.717) is 38.4 Å². The maximum Gasteiger partial charge on any atom is 0.317 e. The van der Waals surface area contributed by atoms with E-state index in [4.69, 9.17) is 0 Å². The van der Waals surface area contributed by atoms with Crippen molar-refractivity contribution in [1.29, 1.82) is 0 Å². The number of urea groups is 1. The van der Waals surface area contributed by atoms with Crippen LogP contribution in [-0.2, 0) is 6.54 Å². The molecule has 0 spiro atoms. The van der Waals surface area contributed by atoms with Crippen LogP contribution < -0.4 is 10.2 Å². The average molecular weight is 321 g/mol. The van der Waals surface area contributed by atoms with Crippen molar-refractivity contribution in [1.82, 2.24) is 20.4 Å². The Balaban J connectivity index is 1.52. The van der Waals surface area contributed by atoms with E-state index >= 15 is 0 Å². The van der Waals surface area contributed by atoms with Gasteiger partial charge in [-0.1, -0.05) is 0 Å². The summed E-state index contributed by atoms with van der Waals surface area (Å²) in [5.41, 5.74) is 1.19. The molecule has 0 saturated carbocycles. The monoisotopic (exact) mass is 321 g/mol. The van der Waals surface area contributed by atoms with E-state index in [9.17, 15) is 13.6 Å². The summed E-state index contributed by atoms with van der Waals surface area (Å²) in [5, 5.41) is 9.38. The van der Waals surface area contributed by atoms with Crippen LogP contribution in [0.2, 0.25) is 0 Å². The van der Waals surface area contributed by atoms with Gasteiger partial charge in [0.1, 0.15) is 11.6 Å². The summed E-state index contributed by atoms with van der Waals surface area (Å²) in [7, 11) is 0. The molecule has 23 heavy (non-hydrogen) atoms. The Morgan fingerprint density at radius 2 is 2.00 bits per heavy atom. The molecule has 8 heteroatoms. The number of amides is 2. The Morgan fingerprint density at radius 1 is 1.22 bits per heavy atom. The van der Waals surface area contributed by atoms with E-state index in [1.54, 1.807) is 17.2 Å². The van der Waals surface area contributed by atoms with Crippen LogP contribution in [0, 0.1) is 11.6 Å². The predicted octanol–water partition coefficient (Wildman–Crippen LogP) is 1.72. The van der Waals surface area contributed by atoms with Crippen molar-refractivity contribution in [3.8, 4) is 0 Å². The van der Waals surface area contributed by atoms with Crippen molar-refractivity contribution in [2.45, 2.75) is 6.54 Å². The number of piperazine rings is 1. The van der Waals surface area contributed by atoms with Crippen molar-refractivity contribution in [3.63, 3.8) is 0 Å². The summed E-state index contributed by atoms with van der Waals surface area (Å²) in [4.78, 5) is 15.6. The molecule has 1 aromatic carbocycles. The second-order valence-corrected chi connectivity index (χ2v) is 5.31. The zero-order chi connectivity index (χ0) is 16.2. The van der Waals surface area contributed by atoms with Crippen molar-refractivity contribution in [2.75, 3.05) is 31.1 Å². The molecule has 2 amide bonds. The number of hydrogen-bond donors (Lipinski definition) is 2. The van der Waals surface area contributed by atoms with Crippen LogP contribution >= 0.6 is 0 Å². The van der Waals surface area contributed by atoms with Gasteiger partial charge in [-0.25, -0.2) is 13.6 Å². The number of carbonyl (C=O) groups excluding carboxylic acids is 1. The number of aromatic nitrogens is 2. The Hall–Kier alpha value is -2.64. The normalized spacial score (nSPS) is 14.9. The number of aromatic amines is 1. The van der Waals surface area contributed by atoms with Crippen LogP contribution in [-0.4, -0.2) is 47.3 Å². The number of halogens is 2. The minimum Gasteiger partial charge on any atom is -0.366 e. The summed E-state index contributed by atoms with van der Waals surface area (Å²) in [6, 6.07) is 5.16. The standard InChI is InChI=1S/C15H17F2N5O/c16-11-1-2-14(13(17)9-11)21-5-7-22(8-6-21)15(23)18-10-12-3-4-19-20-12/h1-4,9H,5-8,10H2,(H,18,23)(H,19,20). The number of hydrogen-bond acceptors (Lipinski definition) is 3. The number of anilines is 1. The highest BCUT2D eigenvalue weighted by Crippen LogP contribution is 2.21. The molecule has 2 aromatic rings. The molecule has 122 valence electrons. The van der Waals surface area contributed by atoms with E-state index in [2.05, 4.69) is 15.5 Å². The Labute approximate surface area is 132 Å². The smallest absolute Gasteiger partial charge is 0.317 e. The fourth-order valence-electron chi connectivity index (χ4n) is 2.55. The molecule has 1 aliphatic rings. The topological polar surface area (TPSA) is 64.3 Å². The molecule has 3 rings (SSSR count). The lowest BCUT2D eigenvalue weighted by Gasteiger charge is -2.36. The Kier molecular flexibility index (Phi) is 4.40. The van der Waals surface area contributed by atoms with Crippen LogP contribution in [0.3, 0.4) is 0 Å². The minimum atomic E-state index is -0.594. The molecule has 0 aliphatic carbocycles. The van der Waals surface area contributed by atoms with E-state index in [1.807, 2.05) is 4.90 Å². The first-order chi connectivity index (χ1) is 11.1. The first kappa shape index (κ1) is 15.3. The highest BCUT2D eigenvalue weighted by molar-refractivity contribution is 5.74. The molecule has 1 fully saturated rings. The largest absolute Gasteiger partial charge is 0.366 e. The van der Waals surface area contributed by atoms with Crippen LogP contribution in [0.25, 0.3) is 0 Å². The predicted molar refractivity (Wildman–Crippen MR) is 81.0 cm³/mol. The zero-order valence-electron chi connectivity index (χ0n) is 12.4. The van der Waals surface area contributed by atoms with Crippen LogP contribution in [0.5, 0.6) is 0 Å². The maximum atomic E-state index is 13.8. The van der Waals surface area contributed by atoms with Gasteiger partial charge < -0.3 is 15.1 Å². The van der Waals surface area contributed by atoms with Gasteiger partial charge in [-0.3, -0.25) is 5.10 Å². The molecule has 0 unspecified atom stereocenters. The Bertz CT molecular complexity index is 669. The average Bonchev–Trinajstić information content (AvgIpc) is 3.06. The molecule has 2 N–H and O–H groups in total. The summed E-state index contributed by atoms with van der Waals surface area (Å²) >= 11 is 0. The molecule has 0 atom stereocenters. The lowest BCUT2D eigenvalue weighted by molar-refractivity contribution is 0.193. The number of nitrogens with zero attached hydrogens (tertiary/aromatic N) is 3. The minimum absolute atomic E-state index is 0.168. The maximum absolute atomic E-state index is 13.8. The third kappa shape index (κ3) is 3.58. The molecule has 0 bridgehead atoms. The molecule has 2 heterocycles. The molecule has 1 aromatic heterocycles. The summed E-state index contributed by atoms with van der Waals surface area (Å²) < 4.78 is 26.7. The molecular weight excluding hydrogens is 304 g/mol. The second-order valence-electron chi connectivity index (χ2n) is 5.31. The number of H-pyrrole nitrogens is 1. The fraction of sp³-hybridized carbons (Fsp3) is 0.333. The van der Waals surface area contributed by atoms with Gasteiger partial charge in [-0.15, -0.1) is 0 Å². The molecule has 0 radical (unpaired) electrons. The quantitative estimate of drug-likeness (QED) is 0.905. The van der Waals surface area contributed by atoms with Crippen LogP contribution in [0.4, 0.5) is 19.3 Å². The first-order valence-electron chi connectivity index (χ1n) is 7.34. The van der Waals surface area contributed by atoms with Gasteiger partial charge in [0.15, 0.2) is 0 Å². The van der Waals surface area contributed by atoms with E-state index < -0.39 is 11.6 Å². The third-order valence-electron chi connectivity index (χ3n) is 3.81. The van der Waals surface area contributed by atoms with Gasteiger partial charge >= 0.3 is 6.03 Å². The number of benzene rings is 1. The van der Waals surface area contributed by atoms with Crippen LogP contribution in [0.15, 0.2) is 30.5 Å². The molecule has 1 saturated heterocycles. The van der Waals surface area contributed by atoms with Gasteiger partial charge in [-0.05, 0) is 18.2 Å². The van der Waals surface area contributed by atoms with E-state index in [1.165, 1.54) is 12.1 Å². The van der Waals surface area contributed by atoms with Gasteiger partial charge in [0, 0.05) is 38.4 Å². The summed E-state index contributed by atoms with van der Waals surface area (Å²) in [6.07, 6.45) is 1.62. The number of carbonyl (C=O) groups is 1. The van der Waals surface area contributed by atoms with Gasteiger partial charge in [0.25, 0.3) is 0 Å². The second kappa shape index (κ2) is 6.64. The lowest BCUT2D eigenvalue weighted by Crippen LogP contribution is -2.51. The first-order valence-corrected chi connectivity index (χ1v) is 7.34. The molecule has 1 aliphatic heterocycles. The van der Waals surface area contributed by atoms with E-state index in [-0.39, 0.29) is 6.03 Å². The van der Waals surface area contributed by atoms with Crippen molar-refractivity contribution < 1.29 is 13.6 Å². The Morgan fingerprint density at radius 3 is 2.65 bits per heavy atom. The van der Waals surface area contributed by atoms with Crippen molar-refractivity contribution in [2.24, 2.45) is 0 Å². The van der Waals surface area contributed by atoms with Gasteiger partial charge in [0.2, 0.25) is 0 Å². The lowest BCUT2D eigenvalue weighted by atomic mass is 10.2. The fourth-order valence-corrected chi connectivity index (χ4v) is 2.55. The summed E-state index contributed by atoms with van der Waals surface area (Å²) in [5.74, 6) is -1.18. The highest BCUT2D eigenvalue weighted by Gasteiger charge is 2.22. The highest BCUT2D eigenvalue weighted by atomic mass is 19.1. The van der Waals surface area contributed by atoms with Gasteiger partial charge in [-0.2, -0.15) is 5.10 Å². The third-order valence-corrected chi connectivity index (χ3v) is 3.81. The number of rotatable bonds is 3. The molecule has 6 nitrogen and oxygen atoms in total. The zero-order valence-corrected chi connectivity index (χ0v) is 12.4. The van der Waals surface area contributed by atoms with Crippen molar-refractivity contribution >= 4 is 11.7 Å². The van der Waals surface area contributed by atoms with Crippen LogP contribution in [0.1, 0.15) is 5.69 Å². The summed E-state index contributed by atoms with van der Waals surface area (Å²) in [6.45, 7) is 2.34. The van der Waals surface area contributed by atoms with Crippen molar-refractivity contribution in [3.05, 3.63) is 47.8 Å². The van der Waals surface area contributed by atoms with E-state index in [0.717, 1.165) is 11.8 Å². The number of nitrogens with one attached hydrogen (secondary N) is 2. The SMILES string of the molecule is O=C(NCc1ccn[nH]1)N1CCN(c2ccc(F)cc2F)CC1. The molecular formula is C15H17F2N5O.